The fraction of sp³-hybridized carbons (Fsp3) is 0.400. The van der Waals surface area contributed by atoms with Gasteiger partial charge in [-0.05, 0) is 18.4 Å². The highest BCUT2D eigenvalue weighted by Gasteiger charge is 2.37. The maximum Gasteiger partial charge on any atom is 0.341 e. The SMILES string of the molecule is O=C(O)c1cn2c(c(OCc3ccccc3)c1=O)C(O)N1CCCCC2C1. The van der Waals surface area contributed by atoms with Gasteiger partial charge in [0.2, 0.25) is 5.43 Å². The van der Waals surface area contributed by atoms with Crippen molar-refractivity contribution in [3.05, 3.63) is 63.6 Å². The van der Waals surface area contributed by atoms with Crippen molar-refractivity contribution in [2.45, 2.75) is 38.1 Å². The second-order valence-electron chi connectivity index (χ2n) is 7.09. The Hall–Kier alpha value is -2.64. The number of carbonyl (C=O) groups is 1. The lowest BCUT2D eigenvalue weighted by Gasteiger charge is -2.39. The number of aromatic nitrogens is 1. The molecular formula is C20H22N2O5. The van der Waals surface area contributed by atoms with Gasteiger partial charge in [-0.3, -0.25) is 9.69 Å². The summed E-state index contributed by atoms with van der Waals surface area (Å²) in [7, 11) is 0. The van der Waals surface area contributed by atoms with Gasteiger partial charge in [-0.15, -0.1) is 0 Å². The molecule has 1 saturated heterocycles. The number of fused-ring (bicyclic) bond motifs is 4. The van der Waals surface area contributed by atoms with E-state index < -0.39 is 17.6 Å². The van der Waals surface area contributed by atoms with E-state index in [2.05, 4.69) is 0 Å². The standard InChI is InChI=1S/C20H22N2O5/c23-17-15(20(25)26)11-22-14-8-4-5-9-21(10-14)19(24)16(22)18(17)27-12-13-6-2-1-3-7-13/h1-3,6-7,11,14,19,24H,4-5,8-10,12H2,(H,25,26). The number of hydrogen-bond donors (Lipinski definition) is 2. The van der Waals surface area contributed by atoms with Crippen molar-refractivity contribution >= 4 is 5.97 Å². The van der Waals surface area contributed by atoms with E-state index in [0.29, 0.717) is 12.2 Å². The molecule has 2 aromatic rings. The molecule has 0 radical (unpaired) electrons. The molecule has 4 rings (SSSR count). The number of aliphatic hydroxyl groups is 1. The number of ether oxygens (including phenoxy) is 1. The van der Waals surface area contributed by atoms with Crippen LogP contribution in [0.2, 0.25) is 0 Å². The van der Waals surface area contributed by atoms with E-state index in [1.807, 2.05) is 35.2 Å². The number of carboxylic acid groups (broad SMARTS) is 1. The molecule has 0 spiro atoms. The highest BCUT2D eigenvalue weighted by molar-refractivity contribution is 5.87. The maximum atomic E-state index is 12.8. The number of carboxylic acids is 1. The van der Waals surface area contributed by atoms with Crippen molar-refractivity contribution < 1.29 is 19.7 Å². The third kappa shape index (κ3) is 3.24. The third-order valence-electron chi connectivity index (χ3n) is 5.35. The summed E-state index contributed by atoms with van der Waals surface area (Å²) in [6, 6.07) is 9.36. The van der Waals surface area contributed by atoms with E-state index in [4.69, 9.17) is 4.74 Å². The van der Waals surface area contributed by atoms with Crippen LogP contribution in [-0.4, -0.2) is 38.7 Å². The number of hydrogen-bond acceptors (Lipinski definition) is 5. The molecule has 7 nitrogen and oxygen atoms in total. The van der Waals surface area contributed by atoms with Crippen molar-refractivity contribution in [1.82, 2.24) is 9.47 Å². The lowest BCUT2D eigenvalue weighted by molar-refractivity contribution is -0.0298. The molecule has 3 heterocycles. The Morgan fingerprint density at radius 1 is 1.22 bits per heavy atom. The molecule has 7 heteroatoms. The largest absolute Gasteiger partial charge is 0.483 e. The predicted molar refractivity (Wildman–Crippen MR) is 97.9 cm³/mol. The van der Waals surface area contributed by atoms with Gasteiger partial charge < -0.3 is 19.5 Å². The first kappa shape index (κ1) is 17.8. The molecule has 27 heavy (non-hydrogen) atoms. The first-order valence-corrected chi connectivity index (χ1v) is 9.17. The number of aliphatic hydroxyl groups excluding tert-OH is 1. The summed E-state index contributed by atoms with van der Waals surface area (Å²) >= 11 is 0. The molecule has 3 atom stereocenters. The van der Waals surface area contributed by atoms with Gasteiger partial charge >= 0.3 is 5.97 Å². The van der Waals surface area contributed by atoms with Crippen molar-refractivity contribution in [3.63, 3.8) is 0 Å². The van der Waals surface area contributed by atoms with Crippen molar-refractivity contribution in [2.75, 3.05) is 13.1 Å². The molecule has 3 unspecified atom stereocenters. The molecular weight excluding hydrogens is 348 g/mol. The summed E-state index contributed by atoms with van der Waals surface area (Å²) in [5.41, 5.74) is 0.203. The molecule has 1 fully saturated rings. The van der Waals surface area contributed by atoms with Gasteiger partial charge in [0.1, 0.15) is 17.9 Å². The van der Waals surface area contributed by atoms with Crippen LogP contribution in [0.5, 0.6) is 5.75 Å². The minimum Gasteiger partial charge on any atom is -0.483 e. The monoisotopic (exact) mass is 370 g/mol. The maximum absolute atomic E-state index is 12.8. The normalized spacial score (nSPS) is 24.0. The zero-order chi connectivity index (χ0) is 19.0. The van der Waals surface area contributed by atoms with E-state index in [1.165, 1.54) is 6.20 Å². The number of rotatable bonds is 4. The summed E-state index contributed by atoms with van der Waals surface area (Å²) < 4.78 is 7.55. The molecule has 2 aliphatic rings. The van der Waals surface area contributed by atoms with Gasteiger partial charge in [-0.25, -0.2) is 4.79 Å². The second-order valence-corrected chi connectivity index (χ2v) is 7.09. The van der Waals surface area contributed by atoms with E-state index in [9.17, 15) is 19.8 Å². The van der Waals surface area contributed by atoms with Gasteiger partial charge in [-0.2, -0.15) is 0 Å². The van der Waals surface area contributed by atoms with E-state index >= 15 is 0 Å². The molecule has 1 aromatic heterocycles. The van der Waals surface area contributed by atoms with Crippen LogP contribution in [0.1, 0.15) is 53.1 Å². The Labute approximate surface area is 156 Å². The number of pyridine rings is 1. The zero-order valence-corrected chi connectivity index (χ0v) is 14.9. The molecule has 2 N–H and O–H groups in total. The Kier molecular flexibility index (Phi) is 4.72. The minimum atomic E-state index is -1.29. The summed E-state index contributed by atoms with van der Waals surface area (Å²) in [6.45, 7) is 1.50. The van der Waals surface area contributed by atoms with Crippen LogP contribution in [-0.2, 0) is 6.61 Å². The third-order valence-corrected chi connectivity index (χ3v) is 5.35. The van der Waals surface area contributed by atoms with Crippen LogP contribution in [0.15, 0.2) is 41.3 Å². The van der Waals surface area contributed by atoms with Crippen LogP contribution in [0, 0.1) is 0 Å². The molecule has 0 aliphatic carbocycles. The zero-order valence-electron chi connectivity index (χ0n) is 14.9. The summed E-state index contributed by atoms with van der Waals surface area (Å²) in [5, 5.41) is 20.4. The van der Waals surface area contributed by atoms with Crippen molar-refractivity contribution in [3.8, 4) is 5.75 Å². The van der Waals surface area contributed by atoms with Crippen LogP contribution >= 0.6 is 0 Å². The first-order valence-electron chi connectivity index (χ1n) is 9.17. The van der Waals surface area contributed by atoms with Gasteiger partial charge in [0, 0.05) is 25.3 Å². The average molecular weight is 370 g/mol. The quantitative estimate of drug-likeness (QED) is 0.857. The number of benzene rings is 1. The molecule has 2 bridgehead atoms. The molecule has 0 amide bonds. The lowest BCUT2D eigenvalue weighted by atomic mass is 10.1. The highest BCUT2D eigenvalue weighted by Crippen LogP contribution is 2.37. The fourth-order valence-corrected chi connectivity index (χ4v) is 3.97. The summed E-state index contributed by atoms with van der Waals surface area (Å²) in [4.78, 5) is 26.4. The van der Waals surface area contributed by atoms with Crippen LogP contribution in [0.4, 0.5) is 0 Å². The second kappa shape index (κ2) is 7.17. The Balaban J connectivity index is 1.82. The molecule has 0 saturated carbocycles. The summed E-state index contributed by atoms with van der Waals surface area (Å²) in [6.07, 6.45) is 3.20. The van der Waals surface area contributed by atoms with Crippen LogP contribution < -0.4 is 10.2 Å². The summed E-state index contributed by atoms with van der Waals surface area (Å²) in [5.74, 6) is -1.35. The highest BCUT2D eigenvalue weighted by atomic mass is 16.5. The minimum absolute atomic E-state index is 0.0173. The van der Waals surface area contributed by atoms with Crippen molar-refractivity contribution in [2.24, 2.45) is 0 Å². The predicted octanol–water partition coefficient (Wildman–Crippen LogP) is 2.16. The van der Waals surface area contributed by atoms with Gasteiger partial charge in [0.05, 0.1) is 0 Å². The average Bonchev–Trinajstić information content (AvgIpc) is 2.89. The number of aromatic carboxylic acids is 1. The fourth-order valence-electron chi connectivity index (χ4n) is 3.97. The van der Waals surface area contributed by atoms with Crippen molar-refractivity contribution in [1.29, 1.82) is 0 Å². The first-order chi connectivity index (χ1) is 13.1. The Morgan fingerprint density at radius 2 is 2.00 bits per heavy atom. The molecule has 2 aliphatic heterocycles. The van der Waals surface area contributed by atoms with E-state index in [1.54, 1.807) is 4.57 Å². The Bertz CT molecular complexity index is 909. The van der Waals surface area contributed by atoms with E-state index in [0.717, 1.165) is 31.4 Å². The van der Waals surface area contributed by atoms with E-state index in [-0.39, 0.29) is 24.0 Å². The lowest BCUT2D eigenvalue weighted by Crippen LogP contribution is -2.42. The molecule has 142 valence electrons. The molecule has 1 aromatic carbocycles. The van der Waals surface area contributed by atoms with Gasteiger partial charge in [-0.1, -0.05) is 36.8 Å². The smallest absolute Gasteiger partial charge is 0.341 e. The number of nitrogens with zero attached hydrogens (tertiary/aromatic N) is 2. The van der Waals surface area contributed by atoms with Crippen LogP contribution in [0.3, 0.4) is 0 Å². The topological polar surface area (TPSA) is 92.0 Å². The Morgan fingerprint density at radius 3 is 2.74 bits per heavy atom. The van der Waals surface area contributed by atoms with Crippen LogP contribution in [0.25, 0.3) is 0 Å². The van der Waals surface area contributed by atoms with Gasteiger partial charge in [0.25, 0.3) is 0 Å². The van der Waals surface area contributed by atoms with Gasteiger partial charge in [0.15, 0.2) is 12.0 Å².